The lowest BCUT2D eigenvalue weighted by molar-refractivity contribution is 0.387. The van der Waals surface area contributed by atoms with Gasteiger partial charge >= 0.3 is 0 Å². The first kappa shape index (κ1) is 8.55. The van der Waals surface area contributed by atoms with Crippen molar-refractivity contribution in [2.45, 2.75) is 12.7 Å². The molecular formula is C7H10N4OS. The van der Waals surface area contributed by atoms with Crippen LogP contribution in [0.15, 0.2) is 9.52 Å². The van der Waals surface area contributed by atoms with Crippen molar-refractivity contribution in [3.8, 4) is 0 Å². The molecule has 2 rings (SSSR count). The van der Waals surface area contributed by atoms with Crippen molar-refractivity contribution < 1.29 is 4.52 Å². The molecule has 13 heavy (non-hydrogen) atoms. The van der Waals surface area contributed by atoms with E-state index in [1.54, 1.807) is 11.8 Å². The smallest absolute Gasteiger partial charge is 0.237 e. The first-order chi connectivity index (χ1) is 6.34. The summed E-state index contributed by atoms with van der Waals surface area (Å²) >= 11 is 1.59. The molecule has 1 N–H and O–H groups in total. The first-order valence-corrected chi connectivity index (χ1v) is 5.03. The molecule has 0 saturated heterocycles. The maximum atomic E-state index is 4.96. The molecule has 0 bridgehead atoms. The minimum atomic E-state index is 0.652. The number of rotatable bonds is 2. The highest BCUT2D eigenvalue weighted by Gasteiger charge is 2.08. The zero-order valence-electron chi connectivity index (χ0n) is 7.28. The van der Waals surface area contributed by atoms with Gasteiger partial charge in [-0.25, -0.2) is 0 Å². The SMILES string of the molecule is Cc1noc(CSC2=NCCN2)n1. The Kier molecular flexibility index (Phi) is 2.49. The lowest BCUT2D eigenvalue weighted by Crippen LogP contribution is -2.15. The molecule has 1 aromatic heterocycles. The molecule has 70 valence electrons. The first-order valence-electron chi connectivity index (χ1n) is 4.05. The molecule has 0 fully saturated rings. The molecule has 2 heterocycles. The third-order valence-electron chi connectivity index (χ3n) is 1.55. The Bertz CT molecular complexity index is 322. The van der Waals surface area contributed by atoms with Crippen LogP contribution in [-0.2, 0) is 5.75 Å². The van der Waals surface area contributed by atoms with E-state index in [4.69, 9.17) is 4.52 Å². The second-order valence-corrected chi connectivity index (χ2v) is 3.60. The van der Waals surface area contributed by atoms with Crippen LogP contribution in [0.5, 0.6) is 0 Å². The van der Waals surface area contributed by atoms with Gasteiger partial charge in [-0.15, -0.1) is 0 Å². The molecule has 0 unspecified atom stereocenters. The summed E-state index contributed by atoms with van der Waals surface area (Å²) in [5.41, 5.74) is 0. The van der Waals surface area contributed by atoms with E-state index < -0.39 is 0 Å². The fourth-order valence-electron chi connectivity index (χ4n) is 1.00. The van der Waals surface area contributed by atoms with Crippen molar-refractivity contribution in [2.24, 2.45) is 4.99 Å². The van der Waals surface area contributed by atoms with Crippen molar-refractivity contribution in [1.29, 1.82) is 0 Å². The number of aliphatic imine (C=N–C) groups is 1. The van der Waals surface area contributed by atoms with Gasteiger partial charge in [-0.1, -0.05) is 16.9 Å². The van der Waals surface area contributed by atoms with E-state index in [-0.39, 0.29) is 0 Å². The topological polar surface area (TPSA) is 63.3 Å². The van der Waals surface area contributed by atoms with Gasteiger partial charge < -0.3 is 9.84 Å². The van der Waals surface area contributed by atoms with Crippen LogP contribution in [0.25, 0.3) is 0 Å². The second kappa shape index (κ2) is 3.78. The van der Waals surface area contributed by atoms with Crippen molar-refractivity contribution >= 4 is 16.9 Å². The summed E-state index contributed by atoms with van der Waals surface area (Å²) in [6, 6.07) is 0. The molecule has 1 aliphatic rings. The van der Waals surface area contributed by atoms with Crippen molar-refractivity contribution in [2.75, 3.05) is 13.1 Å². The van der Waals surface area contributed by atoms with Gasteiger partial charge in [0.15, 0.2) is 11.0 Å². The van der Waals surface area contributed by atoms with Crippen molar-refractivity contribution in [1.82, 2.24) is 15.5 Å². The fourth-order valence-corrected chi connectivity index (χ4v) is 1.77. The Labute approximate surface area is 80.0 Å². The standard InChI is InChI=1S/C7H10N4OS/c1-5-10-6(12-11-5)4-13-7-8-2-3-9-7/h2-4H2,1H3,(H,8,9). The Morgan fingerprint density at radius 1 is 1.62 bits per heavy atom. The number of thioether (sulfide) groups is 1. The van der Waals surface area contributed by atoms with Gasteiger partial charge in [0.1, 0.15) is 0 Å². The number of aromatic nitrogens is 2. The van der Waals surface area contributed by atoms with Crippen LogP contribution < -0.4 is 5.32 Å². The average molecular weight is 198 g/mol. The average Bonchev–Trinajstić information content (AvgIpc) is 2.71. The van der Waals surface area contributed by atoms with Crippen LogP contribution in [-0.4, -0.2) is 28.4 Å². The van der Waals surface area contributed by atoms with Gasteiger partial charge in [0.2, 0.25) is 5.89 Å². The maximum Gasteiger partial charge on any atom is 0.237 e. The van der Waals surface area contributed by atoms with Crippen LogP contribution >= 0.6 is 11.8 Å². The van der Waals surface area contributed by atoms with E-state index in [1.165, 1.54) is 0 Å². The monoisotopic (exact) mass is 198 g/mol. The largest absolute Gasteiger partial charge is 0.363 e. The molecule has 0 saturated carbocycles. The van der Waals surface area contributed by atoms with E-state index in [9.17, 15) is 0 Å². The second-order valence-electron chi connectivity index (χ2n) is 2.64. The highest BCUT2D eigenvalue weighted by atomic mass is 32.2. The minimum absolute atomic E-state index is 0.652. The predicted molar refractivity (Wildman–Crippen MR) is 50.6 cm³/mol. The Morgan fingerprint density at radius 3 is 3.15 bits per heavy atom. The van der Waals surface area contributed by atoms with Gasteiger partial charge in [-0.3, -0.25) is 4.99 Å². The number of aryl methyl sites for hydroxylation is 1. The predicted octanol–water partition coefficient (Wildman–Crippen LogP) is 0.570. The Morgan fingerprint density at radius 2 is 2.54 bits per heavy atom. The Hall–Kier alpha value is -1.04. The van der Waals surface area contributed by atoms with E-state index in [0.717, 1.165) is 18.3 Å². The summed E-state index contributed by atoms with van der Waals surface area (Å²) in [5.74, 6) is 2.02. The van der Waals surface area contributed by atoms with Crippen LogP contribution in [0, 0.1) is 6.92 Å². The third kappa shape index (κ3) is 2.21. The van der Waals surface area contributed by atoms with Gasteiger partial charge in [0.25, 0.3) is 0 Å². The van der Waals surface area contributed by atoms with Gasteiger partial charge in [-0.05, 0) is 6.92 Å². The summed E-state index contributed by atoms with van der Waals surface area (Å²) in [4.78, 5) is 8.33. The van der Waals surface area contributed by atoms with Gasteiger partial charge in [-0.2, -0.15) is 4.98 Å². The lowest BCUT2D eigenvalue weighted by Gasteiger charge is -1.96. The van der Waals surface area contributed by atoms with Gasteiger partial charge in [0, 0.05) is 6.54 Å². The molecule has 1 aliphatic heterocycles. The summed E-state index contributed by atoms with van der Waals surface area (Å²) in [5, 5.41) is 7.83. The molecule has 0 radical (unpaired) electrons. The molecule has 0 atom stereocenters. The number of amidine groups is 1. The zero-order chi connectivity index (χ0) is 9.10. The Balaban J connectivity index is 1.85. The quantitative estimate of drug-likeness (QED) is 0.752. The van der Waals surface area contributed by atoms with Crippen molar-refractivity contribution in [3.63, 3.8) is 0 Å². The summed E-state index contributed by atoms with van der Waals surface area (Å²) in [7, 11) is 0. The highest BCUT2D eigenvalue weighted by Crippen LogP contribution is 2.12. The van der Waals surface area contributed by atoms with E-state index in [0.29, 0.717) is 17.5 Å². The highest BCUT2D eigenvalue weighted by molar-refractivity contribution is 8.13. The zero-order valence-corrected chi connectivity index (χ0v) is 8.10. The molecule has 1 aromatic rings. The van der Waals surface area contributed by atoms with E-state index in [2.05, 4.69) is 20.4 Å². The summed E-state index contributed by atoms with van der Waals surface area (Å²) in [6.45, 7) is 3.61. The molecular weight excluding hydrogens is 188 g/mol. The van der Waals surface area contributed by atoms with Gasteiger partial charge in [0.05, 0.1) is 12.3 Å². The molecule has 0 aliphatic carbocycles. The summed E-state index contributed by atoms with van der Waals surface area (Å²) in [6.07, 6.45) is 0. The molecule has 0 amide bonds. The minimum Gasteiger partial charge on any atom is -0.363 e. The third-order valence-corrected chi connectivity index (χ3v) is 2.48. The van der Waals surface area contributed by atoms with E-state index >= 15 is 0 Å². The number of hydrogen-bond donors (Lipinski definition) is 1. The molecule has 5 nitrogen and oxygen atoms in total. The number of nitrogens with one attached hydrogen (secondary N) is 1. The van der Waals surface area contributed by atoms with Crippen LogP contribution in [0.2, 0.25) is 0 Å². The summed E-state index contributed by atoms with van der Waals surface area (Å²) < 4.78 is 4.96. The molecule has 0 spiro atoms. The van der Waals surface area contributed by atoms with Crippen LogP contribution in [0.4, 0.5) is 0 Å². The van der Waals surface area contributed by atoms with Crippen LogP contribution in [0.3, 0.4) is 0 Å². The molecule has 6 heteroatoms. The molecule has 0 aromatic carbocycles. The normalized spacial score (nSPS) is 15.6. The van der Waals surface area contributed by atoms with Crippen LogP contribution in [0.1, 0.15) is 11.7 Å². The maximum absolute atomic E-state index is 4.96. The van der Waals surface area contributed by atoms with E-state index in [1.807, 2.05) is 6.92 Å². The van der Waals surface area contributed by atoms with Crippen molar-refractivity contribution in [3.05, 3.63) is 11.7 Å². The number of hydrogen-bond acceptors (Lipinski definition) is 6. The fraction of sp³-hybridized carbons (Fsp3) is 0.571. The number of nitrogens with zero attached hydrogens (tertiary/aromatic N) is 3. The lowest BCUT2D eigenvalue weighted by atomic mass is 10.7.